The van der Waals surface area contributed by atoms with Crippen LogP contribution in [0.15, 0.2) is 48.5 Å². The van der Waals surface area contributed by atoms with Crippen LogP contribution >= 0.6 is 0 Å². The summed E-state index contributed by atoms with van der Waals surface area (Å²) in [6, 6.07) is 16.7. The van der Waals surface area contributed by atoms with Gasteiger partial charge in [0, 0.05) is 0 Å². The first-order chi connectivity index (χ1) is 11.7. The van der Waals surface area contributed by atoms with Crippen molar-refractivity contribution in [3.8, 4) is 11.1 Å². The van der Waals surface area contributed by atoms with Gasteiger partial charge in [-0.05, 0) is 48.2 Å². The maximum Gasteiger partial charge on any atom is 0.234 e. The molecule has 0 unspecified atom stereocenters. The van der Waals surface area contributed by atoms with E-state index < -0.39 is 0 Å². The third kappa shape index (κ3) is 3.36. The molecule has 0 radical (unpaired) electrons. The van der Waals surface area contributed by atoms with Crippen LogP contribution in [0.3, 0.4) is 0 Å². The largest absolute Gasteiger partial charge is 0.344 e. The molecule has 24 heavy (non-hydrogen) atoms. The fraction of sp³-hybridized carbons (Fsp3) is 0.381. The van der Waals surface area contributed by atoms with E-state index in [0.717, 1.165) is 25.9 Å². The van der Waals surface area contributed by atoms with E-state index in [1.165, 1.54) is 22.3 Å². The lowest BCUT2D eigenvalue weighted by Gasteiger charge is -2.22. The molecule has 1 aliphatic carbocycles. The van der Waals surface area contributed by atoms with Gasteiger partial charge < -0.3 is 5.32 Å². The number of fused-ring (bicyclic) bond motifs is 3. The number of hydrogen-bond donors (Lipinski definition) is 1. The highest BCUT2D eigenvalue weighted by molar-refractivity contribution is 5.84. The molecule has 0 fully saturated rings. The Balaban J connectivity index is 1.78. The summed E-state index contributed by atoms with van der Waals surface area (Å²) in [5, 5.41) is 3.26. The molecule has 3 rings (SSSR count). The molecule has 0 aliphatic heterocycles. The summed E-state index contributed by atoms with van der Waals surface area (Å²) in [4.78, 5) is 14.9. The van der Waals surface area contributed by atoms with Crippen LogP contribution in [0, 0.1) is 0 Å². The molecule has 0 atom stereocenters. The second-order valence-electron chi connectivity index (χ2n) is 6.45. The van der Waals surface area contributed by atoms with Crippen molar-refractivity contribution in [1.82, 2.24) is 10.2 Å². The van der Waals surface area contributed by atoms with Crippen molar-refractivity contribution in [2.24, 2.45) is 0 Å². The number of nitrogens with zero attached hydrogens (tertiary/aromatic N) is 1. The fourth-order valence-corrected chi connectivity index (χ4v) is 3.62. The van der Waals surface area contributed by atoms with Crippen LogP contribution in [0.1, 0.15) is 43.9 Å². The molecule has 0 aromatic heterocycles. The van der Waals surface area contributed by atoms with Gasteiger partial charge in [-0.25, -0.2) is 0 Å². The molecule has 0 spiro atoms. The van der Waals surface area contributed by atoms with Gasteiger partial charge in [-0.15, -0.1) is 0 Å². The molecule has 0 bridgehead atoms. The number of amides is 1. The molecule has 1 N–H and O–H groups in total. The molecule has 0 heterocycles. The number of benzene rings is 2. The highest BCUT2D eigenvalue weighted by Gasteiger charge is 2.29. The van der Waals surface area contributed by atoms with Crippen molar-refractivity contribution < 1.29 is 4.79 Å². The first-order valence-electron chi connectivity index (χ1n) is 8.94. The average molecular weight is 322 g/mol. The Morgan fingerprint density at radius 3 is 1.92 bits per heavy atom. The SMILES string of the molecule is CCCN(CCC)CC(=O)NC1c2ccccc2-c2ccccc21. The lowest BCUT2D eigenvalue weighted by Crippen LogP contribution is -2.39. The summed E-state index contributed by atoms with van der Waals surface area (Å²) in [5.74, 6) is 0.105. The highest BCUT2D eigenvalue weighted by atomic mass is 16.2. The van der Waals surface area contributed by atoms with Crippen molar-refractivity contribution in [3.05, 3.63) is 59.7 Å². The molecule has 3 heteroatoms. The van der Waals surface area contributed by atoms with Gasteiger partial charge in [0.2, 0.25) is 5.91 Å². The minimum Gasteiger partial charge on any atom is -0.344 e. The van der Waals surface area contributed by atoms with Crippen molar-refractivity contribution in [2.45, 2.75) is 32.7 Å². The second kappa shape index (κ2) is 7.63. The normalized spacial score (nSPS) is 13.0. The number of carbonyl (C=O) groups excluding carboxylic acids is 1. The number of carbonyl (C=O) groups is 1. The van der Waals surface area contributed by atoms with E-state index in [4.69, 9.17) is 0 Å². The molecule has 1 aliphatic rings. The van der Waals surface area contributed by atoms with Crippen LogP contribution in [0.25, 0.3) is 11.1 Å². The monoisotopic (exact) mass is 322 g/mol. The summed E-state index contributed by atoms with van der Waals surface area (Å²) in [6.45, 7) is 6.73. The van der Waals surface area contributed by atoms with Gasteiger partial charge in [0.25, 0.3) is 0 Å². The van der Waals surface area contributed by atoms with E-state index in [0.29, 0.717) is 6.54 Å². The summed E-state index contributed by atoms with van der Waals surface area (Å²) < 4.78 is 0. The van der Waals surface area contributed by atoms with Crippen molar-refractivity contribution >= 4 is 5.91 Å². The Kier molecular flexibility index (Phi) is 5.31. The zero-order valence-corrected chi connectivity index (χ0v) is 14.6. The summed E-state index contributed by atoms with van der Waals surface area (Å²) in [6.07, 6.45) is 2.14. The number of rotatable bonds is 7. The first kappa shape index (κ1) is 16.7. The zero-order chi connectivity index (χ0) is 16.9. The van der Waals surface area contributed by atoms with Crippen LogP contribution in [-0.2, 0) is 4.79 Å². The van der Waals surface area contributed by atoms with Crippen LogP contribution < -0.4 is 5.32 Å². The summed E-state index contributed by atoms with van der Waals surface area (Å²) >= 11 is 0. The Hall–Kier alpha value is -2.13. The maximum atomic E-state index is 12.6. The van der Waals surface area contributed by atoms with E-state index in [9.17, 15) is 4.79 Å². The van der Waals surface area contributed by atoms with Crippen LogP contribution in [0.4, 0.5) is 0 Å². The fourth-order valence-electron chi connectivity index (χ4n) is 3.62. The molecule has 0 saturated heterocycles. The Bertz CT molecular complexity index is 659. The van der Waals surface area contributed by atoms with E-state index >= 15 is 0 Å². The molecule has 1 amide bonds. The highest BCUT2D eigenvalue weighted by Crippen LogP contribution is 2.42. The second-order valence-corrected chi connectivity index (χ2v) is 6.45. The van der Waals surface area contributed by atoms with Gasteiger partial charge in [0.1, 0.15) is 0 Å². The third-order valence-corrected chi connectivity index (χ3v) is 4.59. The van der Waals surface area contributed by atoms with Gasteiger partial charge in [-0.3, -0.25) is 9.69 Å². The maximum absolute atomic E-state index is 12.6. The lowest BCUT2D eigenvalue weighted by atomic mass is 10.1. The summed E-state index contributed by atoms with van der Waals surface area (Å²) in [7, 11) is 0. The summed E-state index contributed by atoms with van der Waals surface area (Å²) in [5.41, 5.74) is 4.86. The Morgan fingerprint density at radius 2 is 1.42 bits per heavy atom. The standard InChI is InChI=1S/C21H26N2O/c1-3-13-23(14-4-2)15-20(24)22-21-18-11-7-5-9-16(18)17-10-6-8-12-19(17)21/h5-12,21H,3-4,13-15H2,1-2H3,(H,22,24). The molecule has 2 aromatic carbocycles. The Labute approximate surface area is 144 Å². The van der Waals surface area contributed by atoms with Gasteiger partial charge in [0.05, 0.1) is 12.6 Å². The average Bonchev–Trinajstić information content (AvgIpc) is 2.90. The molecule has 126 valence electrons. The Morgan fingerprint density at radius 1 is 0.917 bits per heavy atom. The van der Waals surface area contributed by atoms with E-state index in [1.807, 2.05) is 12.1 Å². The molecule has 3 nitrogen and oxygen atoms in total. The smallest absolute Gasteiger partial charge is 0.234 e. The number of nitrogens with one attached hydrogen (secondary N) is 1. The van der Waals surface area contributed by atoms with Gasteiger partial charge in [0.15, 0.2) is 0 Å². The van der Waals surface area contributed by atoms with E-state index in [1.54, 1.807) is 0 Å². The topological polar surface area (TPSA) is 32.3 Å². The minimum absolute atomic E-state index is 0.0324. The zero-order valence-electron chi connectivity index (χ0n) is 14.6. The van der Waals surface area contributed by atoms with E-state index in [-0.39, 0.29) is 11.9 Å². The van der Waals surface area contributed by atoms with Crippen molar-refractivity contribution in [1.29, 1.82) is 0 Å². The first-order valence-corrected chi connectivity index (χ1v) is 8.94. The molecule has 2 aromatic rings. The molecule has 0 saturated carbocycles. The van der Waals surface area contributed by atoms with Crippen molar-refractivity contribution in [2.75, 3.05) is 19.6 Å². The quantitative estimate of drug-likeness (QED) is 0.836. The number of hydrogen-bond acceptors (Lipinski definition) is 2. The van der Waals surface area contributed by atoms with Gasteiger partial charge in [-0.2, -0.15) is 0 Å². The predicted molar refractivity (Wildman–Crippen MR) is 98.9 cm³/mol. The molecular weight excluding hydrogens is 296 g/mol. The van der Waals surface area contributed by atoms with Crippen LogP contribution in [0.2, 0.25) is 0 Å². The minimum atomic E-state index is -0.0324. The lowest BCUT2D eigenvalue weighted by molar-refractivity contribution is -0.122. The van der Waals surface area contributed by atoms with E-state index in [2.05, 4.69) is 60.5 Å². The molecular formula is C21H26N2O. The van der Waals surface area contributed by atoms with Crippen LogP contribution in [0.5, 0.6) is 0 Å². The predicted octanol–water partition coefficient (Wildman–Crippen LogP) is 3.99. The third-order valence-electron chi connectivity index (χ3n) is 4.59. The van der Waals surface area contributed by atoms with Gasteiger partial charge in [-0.1, -0.05) is 62.4 Å². The van der Waals surface area contributed by atoms with Crippen molar-refractivity contribution in [3.63, 3.8) is 0 Å². The van der Waals surface area contributed by atoms with Gasteiger partial charge >= 0.3 is 0 Å². The van der Waals surface area contributed by atoms with Crippen LogP contribution in [-0.4, -0.2) is 30.4 Å².